The highest BCUT2D eigenvalue weighted by atomic mass is 35.5. The van der Waals surface area contributed by atoms with Crippen LogP contribution < -0.4 is 5.32 Å². The van der Waals surface area contributed by atoms with Crippen molar-refractivity contribution in [1.29, 1.82) is 0 Å². The van der Waals surface area contributed by atoms with Crippen LogP contribution in [0.5, 0.6) is 0 Å². The second-order valence-electron chi connectivity index (χ2n) is 5.74. The molecule has 1 amide bonds. The number of halogens is 1. The number of benzene rings is 1. The molecular weight excluding hydrogens is 316 g/mol. The van der Waals surface area contributed by atoms with Crippen LogP contribution in [0.2, 0.25) is 5.02 Å². The van der Waals surface area contributed by atoms with Crippen LogP contribution >= 0.6 is 22.9 Å². The van der Waals surface area contributed by atoms with Crippen molar-refractivity contribution in [3.8, 4) is 0 Å². The van der Waals surface area contributed by atoms with Crippen LogP contribution in [0.15, 0.2) is 17.7 Å². The Morgan fingerprint density at radius 1 is 1.41 bits per heavy atom. The van der Waals surface area contributed by atoms with E-state index >= 15 is 0 Å². The number of rotatable bonds is 2. The van der Waals surface area contributed by atoms with Crippen LogP contribution in [0.3, 0.4) is 0 Å². The number of likely N-dealkylation sites (N-methyl/N-ethyl adjacent to an activating group) is 2. The molecule has 0 bridgehead atoms. The number of hydrogen-bond acceptors (Lipinski definition) is 3. The number of carbonyl (C=O) groups excluding carboxylic acids is 1. The molecule has 0 aliphatic carbocycles. The molecule has 0 saturated heterocycles. The quantitative estimate of drug-likeness (QED) is 0.849. The molecule has 1 aliphatic heterocycles. The molecule has 0 unspecified atom stereocenters. The van der Waals surface area contributed by atoms with Gasteiger partial charge >= 0.3 is 0 Å². The molecule has 0 spiro atoms. The van der Waals surface area contributed by atoms with E-state index in [0.717, 1.165) is 35.0 Å². The summed E-state index contributed by atoms with van der Waals surface area (Å²) in [4.78, 5) is 15.3. The third kappa shape index (κ3) is 2.67. The smallest absolute Gasteiger partial charge is 0.246 e. The van der Waals surface area contributed by atoms with Crippen molar-refractivity contribution >= 4 is 45.0 Å². The lowest BCUT2D eigenvalue weighted by Crippen LogP contribution is -2.19. The molecule has 0 fully saturated rings. The van der Waals surface area contributed by atoms with E-state index in [1.54, 1.807) is 18.4 Å². The van der Waals surface area contributed by atoms with E-state index in [4.69, 9.17) is 11.6 Å². The van der Waals surface area contributed by atoms with E-state index in [9.17, 15) is 4.79 Å². The number of thiophene rings is 1. The minimum atomic E-state index is -0.0371. The summed E-state index contributed by atoms with van der Waals surface area (Å²) >= 11 is 8.16. The summed E-state index contributed by atoms with van der Waals surface area (Å²) in [5.41, 5.74) is 3.26. The molecule has 0 radical (unpaired) electrons. The Labute approximate surface area is 139 Å². The van der Waals surface area contributed by atoms with Crippen molar-refractivity contribution in [2.24, 2.45) is 0 Å². The highest BCUT2D eigenvalue weighted by Crippen LogP contribution is 2.40. The SMILES string of the molecule is CNC(=O)/C(C)=C/c1sc2ccc(Cl)c3c2c1CN(C)CC3. The number of nitrogens with zero attached hydrogens (tertiary/aromatic N) is 1. The van der Waals surface area contributed by atoms with Gasteiger partial charge in [-0.1, -0.05) is 11.6 Å². The maximum atomic E-state index is 11.8. The molecule has 2 aromatic rings. The van der Waals surface area contributed by atoms with Crippen molar-refractivity contribution in [3.05, 3.63) is 38.7 Å². The number of carbonyl (C=O) groups is 1. The van der Waals surface area contributed by atoms with Gasteiger partial charge in [-0.3, -0.25) is 4.79 Å². The summed E-state index contributed by atoms with van der Waals surface area (Å²) in [5, 5.41) is 4.81. The zero-order valence-electron chi connectivity index (χ0n) is 13.0. The molecule has 22 heavy (non-hydrogen) atoms. The first-order chi connectivity index (χ1) is 10.5. The summed E-state index contributed by atoms with van der Waals surface area (Å²) in [6.07, 6.45) is 2.96. The van der Waals surface area contributed by atoms with Gasteiger partial charge in [-0.05, 0) is 49.7 Å². The lowest BCUT2D eigenvalue weighted by molar-refractivity contribution is -0.116. The van der Waals surface area contributed by atoms with E-state index in [-0.39, 0.29) is 5.91 Å². The van der Waals surface area contributed by atoms with Crippen LogP contribution in [0.1, 0.15) is 22.9 Å². The van der Waals surface area contributed by atoms with Gasteiger partial charge in [0.2, 0.25) is 5.91 Å². The van der Waals surface area contributed by atoms with E-state index in [0.29, 0.717) is 0 Å². The van der Waals surface area contributed by atoms with Crippen LogP contribution in [0.4, 0.5) is 0 Å². The zero-order chi connectivity index (χ0) is 15.9. The maximum Gasteiger partial charge on any atom is 0.246 e. The summed E-state index contributed by atoms with van der Waals surface area (Å²) in [6, 6.07) is 4.08. The van der Waals surface area contributed by atoms with Gasteiger partial charge in [-0.15, -0.1) is 11.3 Å². The average molecular weight is 335 g/mol. The van der Waals surface area contributed by atoms with Crippen LogP contribution in [-0.2, 0) is 17.8 Å². The molecule has 1 N–H and O–H groups in total. The van der Waals surface area contributed by atoms with Gasteiger partial charge in [-0.2, -0.15) is 0 Å². The zero-order valence-corrected chi connectivity index (χ0v) is 14.6. The third-order valence-electron chi connectivity index (χ3n) is 4.14. The first-order valence-corrected chi connectivity index (χ1v) is 8.52. The standard InChI is InChI=1S/C17H19ClN2OS/c1-10(17(21)19-2)8-15-12-9-20(3)7-6-11-13(18)4-5-14(22-15)16(11)12/h4-5,8H,6-7,9H2,1-3H3,(H,19,21)/b10-8+. The first kappa shape index (κ1) is 15.5. The lowest BCUT2D eigenvalue weighted by Gasteiger charge is -2.13. The molecule has 2 heterocycles. The Morgan fingerprint density at radius 2 is 2.18 bits per heavy atom. The summed E-state index contributed by atoms with van der Waals surface area (Å²) < 4.78 is 1.25. The second-order valence-corrected chi connectivity index (χ2v) is 7.23. The Hall–Kier alpha value is -1.36. The van der Waals surface area contributed by atoms with Gasteiger partial charge in [0.15, 0.2) is 0 Å². The fourth-order valence-electron chi connectivity index (χ4n) is 2.95. The predicted molar refractivity (Wildman–Crippen MR) is 94.6 cm³/mol. The first-order valence-electron chi connectivity index (χ1n) is 7.33. The summed E-state index contributed by atoms with van der Waals surface area (Å²) in [5.74, 6) is -0.0371. The molecule has 116 valence electrons. The molecule has 5 heteroatoms. The molecule has 1 aromatic heterocycles. The molecule has 0 saturated carbocycles. The fraction of sp³-hybridized carbons (Fsp3) is 0.353. The van der Waals surface area contributed by atoms with Gasteiger partial charge in [0.1, 0.15) is 0 Å². The van der Waals surface area contributed by atoms with Crippen LogP contribution in [-0.4, -0.2) is 31.4 Å². The molecule has 1 aromatic carbocycles. The van der Waals surface area contributed by atoms with E-state index < -0.39 is 0 Å². The highest BCUT2D eigenvalue weighted by Gasteiger charge is 2.21. The third-order valence-corrected chi connectivity index (χ3v) is 5.64. The van der Waals surface area contributed by atoms with Gasteiger partial charge in [0.05, 0.1) is 0 Å². The minimum Gasteiger partial charge on any atom is -0.355 e. The van der Waals surface area contributed by atoms with E-state index in [1.807, 2.05) is 19.1 Å². The van der Waals surface area contributed by atoms with Crippen LogP contribution in [0.25, 0.3) is 16.2 Å². The molecule has 1 aliphatic rings. The summed E-state index contributed by atoms with van der Waals surface area (Å²) in [6.45, 7) is 3.74. The lowest BCUT2D eigenvalue weighted by atomic mass is 10.0. The Balaban J connectivity index is 2.22. The average Bonchev–Trinajstić information content (AvgIpc) is 2.72. The predicted octanol–water partition coefficient (Wildman–Crippen LogP) is 3.69. The van der Waals surface area contributed by atoms with E-state index in [1.165, 1.54) is 21.2 Å². The molecular formula is C17H19ClN2OS. The van der Waals surface area contributed by atoms with Crippen molar-refractivity contribution in [2.75, 3.05) is 20.6 Å². The Morgan fingerprint density at radius 3 is 2.91 bits per heavy atom. The molecule has 0 atom stereocenters. The second kappa shape index (κ2) is 6.03. The largest absolute Gasteiger partial charge is 0.355 e. The fourth-order valence-corrected chi connectivity index (χ4v) is 4.45. The topological polar surface area (TPSA) is 32.3 Å². The normalized spacial score (nSPS) is 15.9. The van der Waals surface area contributed by atoms with Crippen molar-refractivity contribution in [1.82, 2.24) is 10.2 Å². The maximum absolute atomic E-state index is 11.8. The number of amides is 1. The Bertz CT molecular complexity index is 779. The van der Waals surface area contributed by atoms with Crippen molar-refractivity contribution < 1.29 is 4.79 Å². The summed E-state index contributed by atoms with van der Waals surface area (Å²) in [7, 11) is 3.79. The van der Waals surface area contributed by atoms with Crippen LogP contribution in [0, 0.1) is 0 Å². The van der Waals surface area contributed by atoms with Gasteiger partial charge in [-0.25, -0.2) is 0 Å². The highest BCUT2D eigenvalue weighted by molar-refractivity contribution is 7.20. The van der Waals surface area contributed by atoms with Crippen molar-refractivity contribution in [3.63, 3.8) is 0 Å². The molecule has 3 nitrogen and oxygen atoms in total. The van der Waals surface area contributed by atoms with Gasteiger partial charge in [0, 0.05) is 45.7 Å². The molecule has 3 rings (SSSR count). The van der Waals surface area contributed by atoms with E-state index in [2.05, 4.69) is 23.3 Å². The monoisotopic (exact) mass is 334 g/mol. The number of nitrogens with one attached hydrogen (secondary N) is 1. The minimum absolute atomic E-state index is 0.0371. The van der Waals surface area contributed by atoms with Gasteiger partial charge in [0.25, 0.3) is 0 Å². The number of hydrogen-bond donors (Lipinski definition) is 1. The van der Waals surface area contributed by atoms with Crippen molar-refractivity contribution in [2.45, 2.75) is 19.9 Å². The van der Waals surface area contributed by atoms with Gasteiger partial charge < -0.3 is 10.2 Å². The Kier molecular flexibility index (Phi) is 4.26.